The van der Waals surface area contributed by atoms with Crippen molar-refractivity contribution in [1.29, 1.82) is 0 Å². The first-order valence-corrected chi connectivity index (χ1v) is 12.6. The molecule has 2 fully saturated rings. The Kier molecular flexibility index (Phi) is 8.16. The van der Waals surface area contributed by atoms with E-state index in [1.165, 1.54) is 25.1 Å². The Hall–Kier alpha value is -3.01. The lowest BCUT2D eigenvalue weighted by Crippen LogP contribution is -2.48. The average molecular weight is 521 g/mol. The van der Waals surface area contributed by atoms with Crippen molar-refractivity contribution >= 4 is 23.2 Å². The normalized spacial score (nSPS) is 26.2. The molecule has 3 aliphatic rings. The van der Waals surface area contributed by atoms with Gasteiger partial charge in [-0.3, -0.25) is 14.5 Å². The molecule has 4 rings (SSSR count). The summed E-state index contributed by atoms with van der Waals surface area (Å²) >= 11 is 0. The average Bonchev–Trinajstić information content (AvgIpc) is 3.31. The van der Waals surface area contributed by atoms with Crippen molar-refractivity contribution in [2.75, 3.05) is 31.1 Å². The lowest BCUT2D eigenvalue weighted by Gasteiger charge is -2.42. The minimum absolute atomic E-state index is 0.0842. The molecule has 1 aromatic carbocycles. The molecular formula is C27H32F4N4O2. The second kappa shape index (κ2) is 11.2. The highest BCUT2D eigenvalue weighted by molar-refractivity contribution is 6.02. The Labute approximate surface area is 214 Å². The van der Waals surface area contributed by atoms with Crippen molar-refractivity contribution in [3.05, 3.63) is 53.4 Å². The number of benzene rings is 1. The Morgan fingerprint density at radius 1 is 1.14 bits per heavy atom. The van der Waals surface area contributed by atoms with E-state index in [2.05, 4.69) is 27.0 Å². The van der Waals surface area contributed by atoms with Crippen LogP contribution in [0, 0.1) is 11.7 Å². The van der Waals surface area contributed by atoms with E-state index >= 15 is 0 Å². The van der Waals surface area contributed by atoms with Crippen molar-refractivity contribution in [3.8, 4) is 0 Å². The summed E-state index contributed by atoms with van der Waals surface area (Å²) in [6.45, 7) is 5.48. The number of piperidine rings is 1. The molecule has 3 unspecified atom stereocenters. The Bertz CT molecular complexity index is 1110. The fourth-order valence-electron chi connectivity index (χ4n) is 5.36. The van der Waals surface area contributed by atoms with Gasteiger partial charge in [0.05, 0.1) is 6.54 Å². The number of allylic oxidation sites excluding steroid dienone is 2. The summed E-state index contributed by atoms with van der Waals surface area (Å²) in [5.41, 5.74) is 0.930. The smallest absolute Gasteiger partial charge is 0.369 e. The fourth-order valence-corrected chi connectivity index (χ4v) is 5.36. The van der Waals surface area contributed by atoms with Crippen molar-refractivity contribution in [2.45, 2.75) is 57.8 Å². The second-order valence-electron chi connectivity index (χ2n) is 10.1. The number of alkyl halides is 3. The quantitative estimate of drug-likeness (QED) is 0.584. The number of carbonyl (C=O) groups excluding carboxylic acids is 2. The third-order valence-corrected chi connectivity index (χ3v) is 7.40. The summed E-state index contributed by atoms with van der Waals surface area (Å²) in [6.07, 6.45) is 0.481. The molecular weight excluding hydrogens is 488 g/mol. The van der Waals surface area contributed by atoms with E-state index in [-0.39, 0.29) is 30.4 Å². The van der Waals surface area contributed by atoms with Gasteiger partial charge < -0.3 is 10.2 Å². The van der Waals surface area contributed by atoms with Gasteiger partial charge in [-0.05, 0) is 68.9 Å². The summed E-state index contributed by atoms with van der Waals surface area (Å²) in [5, 5.41) is 2.40. The minimum Gasteiger partial charge on any atom is -0.369 e. The van der Waals surface area contributed by atoms with E-state index in [1.54, 1.807) is 12.1 Å². The molecule has 6 nitrogen and oxygen atoms in total. The van der Waals surface area contributed by atoms with E-state index in [9.17, 15) is 27.2 Å². The van der Waals surface area contributed by atoms with Gasteiger partial charge in [0.1, 0.15) is 5.82 Å². The number of amides is 2. The number of rotatable bonds is 5. The van der Waals surface area contributed by atoms with Gasteiger partial charge in [-0.1, -0.05) is 13.0 Å². The zero-order chi connectivity index (χ0) is 26.7. The molecule has 0 spiro atoms. The molecule has 200 valence electrons. The first kappa shape index (κ1) is 27.0. The predicted molar refractivity (Wildman–Crippen MR) is 134 cm³/mol. The molecule has 1 aromatic rings. The van der Waals surface area contributed by atoms with Gasteiger partial charge in [0.15, 0.2) is 0 Å². The monoisotopic (exact) mass is 520 g/mol. The summed E-state index contributed by atoms with van der Waals surface area (Å²) in [7, 11) is 0. The Morgan fingerprint density at radius 2 is 1.86 bits per heavy atom. The summed E-state index contributed by atoms with van der Waals surface area (Å²) in [4.78, 5) is 33.4. The molecule has 0 radical (unpaired) electrons. The number of hydrogen-bond donors (Lipinski definition) is 1. The van der Waals surface area contributed by atoms with Crippen molar-refractivity contribution in [2.24, 2.45) is 10.9 Å². The Balaban J connectivity index is 1.26. The number of anilines is 1. The first-order valence-electron chi connectivity index (χ1n) is 12.6. The topological polar surface area (TPSA) is 65.0 Å². The van der Waals surface area contributed by atoms with Crippen LogP contribution in [-0.2, 0) is 9.59 Å². The lowest BCUT2D eigenvalue weighted by molar-refractivity contribution is -0.122. The number of hydrogen-bond acceptors (Lipinski definition) is 4. The molecule has 2 amide bonds. The zero-order valence-corrected chi connectivity index (χ0v) is 21.0. The molecule has 2 aliphatic heterocycles. The van der Waals surface area contributed by atoms with Crippen LogP contribution in [0.4, 0.5) is 23.2 Å². The van der Waals surface area contributed by atoms with Crippen molar-refractivity contribution < 1.29 is 27.2 Å². The predicted octanol–water partition coefficient (Wildman–Crippen LogP) is 4.43. The van der Waals surface area contributed by atoms with Gasteiger partial charge in [0.25, 0.3) is 11.8 Å². The maximum atomic E-state index is 13.3. The zero-order valence-electron chi connectivity index (χ0n) is 21.0. The van der Waals surface area contributed by atoms with Crippen LogP contribution in [0.1, 0.15) is 39.5 Å². The summed E-state index contributed by atoms with van der Waals surface area (Å²) < 4.78 is 52.7. The van der Waals surface area contributed by atoms with Gasteiger partial charge in [0, 0.05) is 54.3 Å². The minimum atomic E-state index is -4.50. The standard InChI is InChI=1S/C27H32F4N4O2/c1-17-3-4-19(14-24(17)27(29,30)31)26(37)32-15-25(36)33-21-9-11-34(16-21)23-10-12-35(18(2)13-23)22-7-5-20(28)6-8-22/h4-8,14,17-18,23H,3,9-13,15-16H2,1-2H3,(H,32,37). The number of halogens is 4. The van der Waals surface area contributed by atoms with Gasteiger partial charge >= 0.3 is 6.18 Å². The third-order valence-electron chi connectivity index (χ3n) is 7.40. The van der Waals surface area contributed by atoms with Crippen LogP contribution >= 0.6 is 0 Å². The second-order valence-corrected chi connectivity index (χ2v) is 10.1. The van der Waals surface area contributed by atoms with Gasteiger partial charge in [-0.25, -0.2) is 9.38 Å². The Morgan fingerprint density at radius 3 is 2.54 bits per heavy atom. The van der Waals surface area contributed by atoms with Crippen LogP contribution in [-0.4, -0.2) is 66.9 Å². The van der Waals surface area contributed by atoms with Gasteiger partial charge in [-0.2, -0.15) is 13.2 Å². The van der Waals surface area contributed by atoms with Crippen LogP contribution in [0.3, 0.4) is 0 Å². The lowest BCUT2D eigenvalue weighted by atomic mass is 9.89. The molecule has 37 heavy (non-hydrogen) atoms. The molecule has 2 saturated heterocycles. The van der Waals surface area contributed by atoms with Crippen LogP contribution < -0.4 is 10.2 Å². The van der Waals surface area contributed by atoms with Gasteiger partial charge in [-0.15, -0.1) is 0 Å². The number of nitrogens with zero attached hydrogens (tertiary/aromatic N) is 3. The van der Waals surface area contributed by atoms with Crippen LogP contribution in [0.5, 0.6) is 0 Å². The number of nitrogens with one attached hydrogen (secondary N) is 1. The maximum absolute atomic E-state index is 13.3. The number of carbonyl (C=O) groups is 2. The molecule has 0 saturated carbocycles. The van der Waals surface area contributed by atoms with Crippen molar-refractivity contribution in [1.82, 2.24) is 10.2 Å². The first-order chi connectivity index (χ1) is 17.5. The molecule has 3 atom stereocenters. The van der Waals surface area contributed by atoms with Crippen molar-refractivity contribution in [3.63, 3.8) is 0 Å². The molecule has 2 heterocycles. The molecule has 10 heteroatoms. The highest BCUT2D eigenvalue weighted by Gasteiger charge is 2.38. The molecule has 1 N–H and O–H groups in total. The van der Waals surface area contributed by atoms with Crippen LogP contribution in [0.2, 0.25) is 0 Å². The molecule has 1 aliphatic carbocycles. The van der Waals surface area contributed by atoms with E-state index < -0.39 is 29.5 Å². The SMILES string of the molecule is CC1CC=C(C(=O)NCC(=O)N=C2CCN(C3CCN(c4ccc(F)cc4)C(C)C3)C2)C=C1C(F)(F)F. The van der Waals surface area contributed by atoms with Crippen LogP contribution in [0.25, 0.3) is 0 Å². The highest BCUT2D eigenvalue weighted by Crippen LogP contribution is 2.36. The van der Waals surface area contributed by atoms with E-state index in [0.29, 0.717) is 19.0 Å². The number of likely N-dealkylation sites (tertiary alicyclic amines) is 1. The largest absolute Gasteiger partial charge is 0.412 e. The summed E-state index contributed by atoms with van der Waals surface area (Å²) in [6, 6.07) is 7.18. The fraction of sp³-hybridized carbons (Fsp3) is 0.519. The number of aliphatic imine (C=N–C) groups is 1. The molecule has 0 aromatic heterocycles. The van der Waals surface area contributed by atoms with Crippen LogP contribution in [0.15, 0.2) is 52.6 Å². The third kappa shape index (κ3) is 6.66. The van der Waals surface area contributed by atoms with E-state index in [1.807, 2.05) is 0 Å². The molecule has 0 bridgehead atoms. The van der Waals surface area contributed by atoms with Gasteiger partial charge in [0.2, 0.25) is 0 Å². The highest BCUT2D eigenvalue weighted by atomic mass is 19.4. The van der Waals surface area contributed by atoms with E-state index in [4.69, 9.17) is 0 Å². The maximum Gasteiger partial charge on any atom is 0.412 e. The summed E-state index contributed by atoms with van der Waals surface area (Å²) in [5.74, 6) is -2.20. The van der Waals surface area contributed by atoms with E-state index in [0.717, 1.165) is 43.4 Å².